The van der Waals surface area contributed by atoms with Gasteiger partial charge < -0.3 is 5.11 Å². The molecular formula is C13H15F2NO4S. The highest BCUT2D eigenvalue weighted by molar-refractivity contribution is 7.89. The summed E-state index contributed by atoms with van der Waals surface area (Å²) in [7, 11) is -4.47. The SMILES string of the molecule is CC1(C(=O)O)CCCC1NS(=O)(=O)c1c(F)cccc1F. The summed E-state index contributed by atoms with van der Waals surface area (Å²) in [4.78, 5) is 10.2. The normalized spacial score (nSPS) is 26.0. The second-order valence-electron chi connectivity index (χ2n) is 5.34. The first-order valence-electron chi connectivity index (χ1n) is 6.38. The first kappa shape index (κ1) is 15.8. The second-order valence-corrected chi connectivity index (χ2v) is 6.99. The Labute approximate surface area is 121 Å². The monoisotopic (exact) mass is 319 g/mol. The molecule has 5 nitrogen and oxygen atoms in total. The van der Waals surface area contributed by atoms with Crippen LogP contribution in [-0.4, -0.2) is 25.5 Å². The number of hydrogen-bond acceptors (Lipinski definition) is 3. The summed E-state index contributed by atoms with van der Waals surface area (Å²) < 4.78 is 53.6. The first-order valence-corrected chi connectivity index (χ1v) is 7.86. The molecule has 0 heterocycles. The summed E-state index contributed by atoms with van der Waals surface area (Å²) in [6.45, 7) is 1.42. The van der Waals surface area contributed by atoms with Crippen LogP contribution in [0.4, 0.5) is 8.78 Å². The van der Waals surface area contributed by atoms with E-state index >= 15 is 0 Å². The highest BCUT2D eigenvalue weighted by atomic mass is 32.2. The van der Waals surface area contributed by atoms with Crippen molar-refractivity contribution in [3.8, 4) is 0 Å². The van der Waals surface area contributed by atoms with Crippen molar-refractivity contribution < 1.29 is 27.1 Å². The Morgan fingerprint density at radius 1 is 1.38 bits per heavy atom. The van der Waals surface area contributed by atoms with Gasteiger partial charge >= 0.3 is 5.97 Å². The molecule has 2 atom stereocenters. The summed E-state index contributed by atoms with van der Waals surface area (Å²) in [6.07, 6.45) is 1.13. The molecule has 2 unspecified atom stereocenters. The van der Waals surface area contributed by atoms with Gasteiger partial charge in [-0.3, -0.25) is 4.79 Å². The van der Waals surface area contributed by atoms with Crippen molar-refractivity contribution in [2.75, 3.05) is 0 Å². The van der Waals surface area contributed by atoms with Gasteiger partial charge in [-0.15, -0.1) is 0 Å². The molecule has 1 aromatic rings. The number of nitrogens with one attached hydrogen (secondary N) is 1. The summed E-state index contributed by atoms with van der Waals surface area (Å²) in [6, 6.07) is 1.82. The Kier molecular flexibility index (Phi) is 4.03. The van der Waals surface area contributed by atoms with Gasteiger partial charge in [-0.05, 0) is 31.9 Å². The van der Waals surface area contributed by atoms with Gasteiger partial charge in [0.05, 0.1) is 5.41 Å². The van der Waals surface area contributed by atoms with Gasteiger partial charge in [-0.1, -0.05) is 12.5 Å². The Hall–Kier alpha value is -1.54. The van der Waals surface area contributed by atoms with Crippen molar-refractivity contribution in [1.29, 1.82) is 0 Å². The first-order chi connectivity index (χ1) is 9.68. The van der Waals surface area contributed by atoms with Crippen LogP contribution in [0.3, 0.4) is 0 Å². The lowest BCUT2D eigenvalue weighted by Crippen LogP contribution is -2.47. The maximum absolute atomic E-state index is 13.6. The van der Waals surface area contributed by atoms with E-state index in [1.807, 2.05) is 0 Å². The van der Waals surface area contributed by atoms with Crippen molar-refractivity contribution in [3.63, 3.8) is 0 Å². The highest BCUT2D eigenvalue weighted by Crippen LogP contribution is 2.39. The standard InChI is InChI=1S/C13H15F2NO4S/c1-13(12(17)18)7-3-6-10(13)16-21(19,20)11-8(14)4-2-5-9(11)15/h2,4-5,10,16H,3,6-7H2,1H3,(H,17,18). The van der Waals surface area contributed by atoms with Crippen molar-refractivity contribution in [3.05, 3.63) is 29.8 Å². The Bertz CT molecular complexity index is 656. The third-order valence-corrected chi connectivity index (χ3v) is 5.45. The van der Waals surface area contributed by atoms with E-state index in [2.05, 4.69) is 4.72 Å². The summed E-state index contributed by atoms with van der Waals surface area (Å²) in [5.74, 6) is -3.56. The average molecular weight is 319 g/mol. The number of carbonyl (C=O) groups is 1. The van der Waals surface area contributed by atoms with Crippen LogP contribution in [0, 0.1) is 17.0 Å². The molecule has 0 radical (unpaired) electrons. The second kappa shape index (κ2) is 5.34. The van der Waals surface area contributed by atoms with Gasteiger partial charge in [0.2, 0.25) is 10.0 Å². The molecule has 0 saturated heterocycles. The zero-order valence-electron chi connectivity index (χ0n) is 11.3. The molecule has 1 saturated carbocycles. The van der Waals surface area contributed by atoms with E-state index in [-0.39, 0.29) is 0 Å². The van der Waals surface area contributed by atoms with Gasteiger partial charge in [-0.25, -0.2) is 21.9 Å². The fourth-order valence-electron chi connectivity index (χ4n) is 2.60. The van der Waals surface area contributed by atoms with Crippen molar-refractivity contribution >= 4 is 16.0 Å². The molecule has 2 rings (SSSR count). The van der Waals surface area contributed by atoms with E-state index in [1.165, 1.54) is 6.92 Å². The minimum absolute atomic E-state index is 0.301. The smallest absolute Gasteiger partial charge is 0.310 e. The Morgan fingerprint density at radius 2 is 1.95 bits per heavy atom. The topological polar surface area (TPSA) is 83.5 Å². The fraction of sp³-hybridized carbons (Fsp3) is 0.462. The van der Waals surface area contributed by atoms with E-state index in [0.717, 1.165) is 18.2 Å². The highest BCUT2D eigenvalue weighted by Gasteiger charge is 2.47. The molecule has 0 aromatic heterocycles. The average Bonchev–Trinajstić information content (AvgIpc) is 2.71. The number of aliphatic carboxylic acids is 1. The third kappa shape index (κ3) is 2.77. The summed E-state index contributed by atoms with van der Waals surface area (Å²) in [5, 5.41) is 9.24. The quantitative estimate of drug-likeness (QED) is 0.887. The van der Waals surface area contributed by atoms with Crippen molar-refractivity contribution in [1.82, 2.24) is 4.72 Å². The largest absolute Gasteiger partial charge is 0.481 e. The van der Waals surface area contributed by atoms with E-state index in [1.54, 1.807) is 0 Å². The van der Waals surface area contributed by atoms with Crippen LogP contribution < -0.4 is 4.72 Å². The minimum Gasteiger partial charge on any atom is -0.481 e. The molecule has 1 aliphatic carbocycles. The minimum atomic E-state index is -4.47. The van der Waals surface area contributed by atoms with Gasteiger partial charge in [0.15, 0.2) is 4.90 Å². The lowest BCUT2D eigenvalue weighted by atomic mass is 9.85. The molecule has 0 amide bonds. The molecule has 1 aromatic carbocycles. The van der Waals surface area contributed by atoms with Gasteiger partial charge in [0.25, 0.3) is 0 Å². The van der Waals surface area contributed by atoms with Gasteiger partial charge in [0, 0.05) is 6.04 Å². The number of halogens is 2. The lowest BCUT2D eigenvalue weighted by molar-refractivity contribution is -0.148. The number of rotatable bonds is 4. The molecule has 0 spiro atoms. The van der Waals surface area contributed by atoms with Crippen LogP contribution in [0.25, 0.3) is 0 Å². The number of carboxylic acids is 1. The molecule has 2 N–H and O–H groups in total. The van der Waals surface area contributed by atoms with Crippen molar-refractivity contribution in [2.24, 2.45) is 5.41 Å². The van der Waals surface area contributed by atoms with Crippen LogP contribution in [-0.2, 0) is 14.8 Å². The van der Waals surface area contributed by atoms with E-state index in [4.69, 9.17) is 0 Å². The number of hydrogen-bond donors (Lipinski definition) is 2. The summed E-state index contributed by atoms with van der Waals surface area (Å²) in [5.41, 5.74) is -1.28. The maximum Gasteiger partial charge on any atom is 0.310 e. The molecule has 1 fully saturated rings. The predicted molar refractivity (Wildman–Crippen MR) is 70.1 cm³/mol. The van der Waals surface area contributed by atoms with Crippen LogP contribution in [0.1, 0.15) is 26.2 Å². The van der Waals surface area contributed by atoms with Crippen molar-refractivity contribution in [2.45, 2.75) is 37.1 Å². The molecule has 1 aliphatic rings. The van der Waals surface area contributed by atoms with Crippen LogP contribution >= 0.6 is 0 Å². The molecule has 0 aliphatic heterocycles. The number of benzene rings is 1. The molecule has 8 heteroatoms. The lowest BCUT2D eigenvalue weighted by Gasteiger charge is -2.27. The van der Waals surface area contributed by atoms with Crippen LogP contribution in [0.5, 0.6) is 0 Å². The molecular weight excluding hydrogens is 304 g/mol. The number of carboxylic acid groups (broad SMARTS) is 1. The molecule has 21 heavy (non-hydrogen) atoms. The Morgan fingerprint density at radius 3 is 2.48 bits per heavy atom. The van der Waals surface area contributed by atoms with Crippen LogP contribution in [0.2, 0.25) is 0 Å². The number of sulfonamides is 1. The van der Waals surface area contributed by atoms with Gasteiger partial charge in [-0.2, -0.15) is 0 Å². The van der Waals surface area contributed by atoms with Crippen LogP contribution in [0.15, 0.2) is 23.1 Å². The Balaban J connectivity index is 2.37. The van der Waals surface area contributed by atoms with E-state index in [9.17, 15) is 27.1 Å². The maximum atomic E-state index is 13.6. The predicted octanol–water partition coefficient (Wildman–Crippen LogP) is 1.89. The third-order valence-electron chi connectivity index (χ3n) is 3.93. The molecule has 0 bridgehead atoms. The van der Waals surface area contributed by atoms with Gasteiger partial charge in [0.1, 0.15) is 11.6 Å². The summed E-state index contributed by atoms with van der Waals surface area (Å²) >= 11 is 0. The van der Waals surface area contributed by atoms with E-state index in [0.29, 0.717) is 19.3 Å². The zero-order valence-corrected chi connectivity index (χ0v) is 12.1. The molecule has 116 valence electrons. The fourth-order valence-corrected chi connectivity index (χ4v) is 4.12. The zero-order chi connectivity index (χ0) is 15.8. The van der Waals surface area contributed by atoms with E-state index < -0.39 is 44.0 Å².